The number of amides is 1. The van der Waals surface area contributed by atoms with Gasteiger partial charge in [0.2, 0.25) is 5.91 Å². The van der Waals surface area contributed by atoms with Crippen molar-refractivity contribution in [2.45, 2.75) is 69.0 Å². The smallest absolute Gasteiger partial charge is 0.217 e. The maximum atomic E-state index is 11.2. The van der Waals surface area contributed by atoms with E-state index in [9.17, 15) is 30.3 Å². The highest BCUT2D eigenvalue weighted by Crippen LogP contribution is 2.33. The minimum Gasteiger partial charge on any atom is -0.391 e. The lowest BCUT2D eigenvalue weighted by Crippen LogP contribution is -2.53. The molecule has 7 nitrogen and oxygen atoms in total. The predicted octanol–water partition coefficient (Wildman–Crippen LogP) is -1.54. The van der Waals surface area contributed by atoms with Gasteiger partial charge in [-0.1, -0.05) is 6.92 Å². The van der Waals surface area contributed by atoms with Crippen LogP contribution in [0, 0.1) is 5.92 Å². The highest BCUT2D eigenvalue weighted by atomic mass is 32.2. The molecule has 0 bridgehead atoms. The highest BCUT2D eigenvalue weighted by molar-refractivity contribution is 8.00. The SMILES string of the molecule is CC(=O)NC(CSC1CC(C)C(O)C(O)C1O)C(O)C(C)O. The van der Waals surface area contributed by atoms with E-state index in [1.807, 2.05) is 0 Å². The molecule has 1 aliphatic carbocycles. The Morgan fingerprint density at radius 3 is 2.32 bits per heavy atom. The van der Waals surface area contributed by atoms with E-state index in [0.29, 0.717) is 6.42 Å². The van der Waals surface area contributed by atoms with Crippen LogP contribution in [0.4, 0.5) is 0 Å². The first-order valence-electron chi connectivity index (χ1n) is 7.44. The molecular weight excluding hydrogens is 310 g/mol. The maximum absolute atomic E-state index is 11.2. The van der Waals surface area contributed by atoms with Crippen LogP contribution in [-0.2, 0) is 4.79 Å². The molecule has 0 aromatic heterocycles. The van der Waals surface area contributed by atoms with Crippen LogP contribution in [0.2, 0.25) is 0 Å². The van der Waals surface area contributed by atoms with Gasteiger partial charge in [0, 0.05) is 17.9 Å². The van der Waals surface area contributed by atoms with Gasteiger partial charge < -0.3 is 30.8 Å². The first-order chi connectivity index (χ1) is 10.1. The first kappa shape index (κ1) is 19.7. The van der Waals surface area contributed by atoms with Crippen molar-refractivity contribution in [2.75, 3.05) is 5.75 Å². The van der Waals surface area contributed by atoms with E-state index >= 15 is 0 Å². The van der Waals surface area contributed by atoms with Crippen molar-refractivity contribution < 1.29 is 30.3 Å². The Balaban J connectivity index is 2.65. The zero-order chi connectivity index (χ0) is 17.0. The molecule has 0 saturated heterocycles. The summed E-state index contributed by atoms with van der Waals surface area (Å²) in [5, 5.41) is 51.3. The van der Waals surface area contributed by atoms with E-state index in [0.717, 1.165) is 0 Å². The Kier molecular flexibility index (Phi) is 7.57. The van der Waals surface area contributed by atoms with Gasteiger partial charge in [0.05, 0.1) is 24.4 Å². The lowest BCUT2D eigenvalue weighted by atomic mass is 9.83. The monoisotopic (exact) mass is 337 g/mol. The van der Waals surface area contributed by atoms with E-state index < -0.39 is 36.6 Å². The third kappa shape index (κ3) is 5.07. The van der Waals surface area contributed by atoms with Gasteiger partial charge in [0.1, 0.15) is 12.2 Å². The quantitative estimate of drug-likeness (QED) is 0.346. The number of hydrogen-bond donors (Lipinski definition) is 6. The second kappa shape index (κ2) is 8.47. The normalized spacial score (nSPS) is 36.5. The van der Waals surface area contributed by atoms with E-state index in [4.69, 9.17) is 0 Å². The molecule has 1 amide bonds. The molecule has 8 heteroatoms. The molecule has 130 valence electrons. The van der Waals surface area contributed by atoms with Gasteiger partial charge in [-0.15, -0.1) is 0 Å². The molecule has 1 fully saturated rings. The first-order valence-corrected chi connectivity index (χ1v) is 8.49. The molecule has 0 aromatic rings. The molecule has 0 radical (unpaired) electrons. The number of aliphatic hydroxyl groups is 5. The lowest BCUT2D eigenvalue weighted by molar-refractivity contribution is -0.120. The predicted molar refractivity (Wildman–Crippen MR) is 83.3 cm³/mol. The summed E-state index contributed by atoms with van der Waals surface area (Å²) in [6, 6.07) is -0.658. The molecule has 0 heterocycles. The second-order valence-electron chi connectivity index (χ2n) is 6.09. The summed E-state index contributed by atoms with van der Waals surface area (Å²) in [4.78, 5) is 11.2. The molecule has 8 unspecified atom stereocenters. The van der Waals surface area contributed by atoms with Gasteiger partial charge in [-0.2, -0.15) is 11.8 Å². The number of carbonyl (C=O) groups excluding carboxylic acids is 1. The molecule has 1 saturated carbocycles. The standard InChI is InChI=1S/C14H27NO6S/c1-6-4-10(13(20)14(21)11(6)18)22-5-9(15-8(3)17)12(19)7(2)16/h6-7,9-14,16,18-21H,4-5H2,1-3H3,(H,15,17). The number of nitrogens with one attached hydrogen (secondary N) is 1. The molecule has 0 spiro atoms. The summed E-state index contributed by atoms with van der Waals surface area (Å²) in [7, 11) is 0. The highest BCUT2D eigenvalue weighted by Gasteiger charge is 2.41. The van der Waals surface area contributed by atoms with Gasteiger partial charge >= 0.3 is 0 Å². The van der Waals surface area contributed by atoms with Gasteiger partial charge in [0.25, 0.3) is 0 Å². The zero-order valence-electron chi connectivity index (χ0n) is 13.1. The molecular formula is C14H27NO6S. The average Bonchev–Trinajstić information content (AvgIpc) is 2.44. The number of aliphatic hydroxyl groups excluding tert-OH is 5. The maximum Gasteiger partial charge on any atom is 0.217 e. The molecule has 0 aliphatic heterocycles. The van der Waals surface area contributed by atoms with Crippen LogP contribution in [0.15, 0.2) is 0 Å². The van der Waals surface area contributed by atoms with Crippen molar-refractivity contribution in [3.8, 4) is 0 Å². The summed E-state index contributed by atoms with van der Waals surface area (Å²) in [5.41, 5.74) is 0. The molecule has 8 atom stereocenters. The fourth-order valence-corrected chi connectivity index (χ4v) is 4.15. The van der Waals surface area contributed by atoms with Crippen LogP contribution in [0.25, 0.3) is 0 Å². The van der Waals surface area contributed by atoms with Crippen molar-refractivity contribution in [1.82, 2.24) is 5.32 Å². The molecule has 0 aromatic carbocycles. The van der Waals surface area contributed by atoms with Gasteiger partial charge in [0.15, 0.2) is 0 Å². The van der Waals surface area contributed by atoms with Crippen molar-refractivity contribution >= 4 is 17.7 Å². The Morgan fingerprint density at radius 1 is 1.23 bits per heavy atom. The molecule has 22 heavy (non-hydrogen) atoms. The van der Waals surface area contributed by atoms with E-state index in [1.165, 1.54) is 25.6 Å². The lowest BCUT2D eigenvalue weighted by Gasteiger charge is -2.39. The summed E-state index contributed by atoms with van der Waals surface area (Å²) in [6.07, 6.45) is -4.84. The fraction of sp³-hybridized carbons (Fsp3) is 0.929. The Hall–Kier alpha value is -0.380. The van der Waals surface area contributed by atoms with Crippen LogP contribution >= 0.6 is 11.8 Å². The van der Waals surface area contributed by atoms with E-state index in [-0.39, 0.29) is 22.8 Å². The fourth-order valence-electron chi connectivity index (χ4n) is 2.62. The van der Waals surface area contributed by atoms with Crippen molar-refractivity contribution in [2.24, 2.45) is 5.92 Å². The second-order valence-corrected chi connectivity index (χ2v) is 7.37. The van der Waals surface area contributed by atoms with Crippen molar-refractivity contribution in [3.63, 3.8) is 0 Å². The van der Waals surface area contributed by atoms with Gasteiger partial charge in [-0.3, -0.25) is 4.79 Å². The topological polar surface area (TPSA) is 130 Å². The third-order valence-corrected chi connectivity index (χ3v) is 5.50. The summed E-state index contributed by atoms with van der Waals surface area (Å²) < 4.78 is 0. The summed E-state index contributed by atoms with van der Waals surface area (Å²) in [5.74, 6) is -0.196. The van der Waals surface area contributed by atoms with Gasteiger partial charge in [-0.05, 0) is 19.3 Å². The third-order valence-electron chi connectivity index (χ3n) is 4.05. The number of rotatable bonds is 6. The molecule has 6 N–H and O–H groups in total. The Bertz CT molecular complexity index is 369. The van der Waals surface area contributed by atoms with Crippen LogP contribution in [0.5, 0.6) is 0 Å². The average molecular weight is 337 g/mol. The molecule has 1 aliphatic rings. The Morgan fingerprint density at radius 2 is 1.82 bits per heavy atom. The van der Waals surface area contributed by atoms with Crippen LogP contribution < -0.4 is 5.32 Å². The van der Waals surface area contributed by atoms with Crippen molar-refractivity contribution in [1.29, 1.82) is 0 Å². The summed E-state index contributed by atoms with van der Waals surface area (Å²) >= 11 is 1.30. The van der Waals surface area contributed by atoms with Crippen LogP contribution in [0.1, 0.15) is 27.2 Å². The minimum atomic E-state index is -1.21. The van der Waals surface area contributed by atoms with Crippen molar-refractivity contribution in [3.05, 3.63) is 0 Å². The number of hydrogen-bond acceptors (Lipinski definition) is 7. The largest absolute Gasteiger partial charge is 0.391 e. The summed E-state index contributed by atoms with van der Waals surface area (Å²) in [6.45, 7) is 4.55. The zero-order valence-corrected chi connectivity index (χ0v) is 13.9. The Labute approximate surface area is 134 Å². The number of carbonyl (C=O) groups is 1. The van der Waals surface area contributed by atoms with Crippen LogP contribution in [0.3, 0.4) is 0 Å². The number of thioether (sulfide) groups is 1. The van der Waals surface area contributed by atoms with E-state index in [1.54, 1.807) is 6.92 Å². The molecule has 1 rings (SSSR count). The van der Waals surface area contributed by atoms with Crippen LogP contribution in [-0.4, -0.2) is 79.0 Å². The minimum absolute atomic E-state index is 0.156. The van der Waals surface area contributed by atoms with E-state index in [2.05, 4.69) is 5.32 Å². The van der Waals surface area contributed by atoms with Gasteiger partial charge in [-0.25, -0.2) is 0 Å².